The van der Waals surface area contributed by atoms with E-state index in [0.717, 1.165) is 31.4 Å². The second-order valence-electron chi connectivity index (χ2n) is 10.9. The van der Waals surface area contributed by atoms with Crippen molar-refractivity contribution in [2.75, 3.05) is 4.90 Å². The van der Waals surface area contributed by atoms with Crippen molar-refractivity contribution in [3.63, 3.8) is 0 Å². The first-order valence-electron chi connectivity index (χ1n) is 13.1. The van der Waals surface area contributed by atoms with Crippen LogP contribution in [0.25, 0.3) is 5.57 Å². The Bertz CT molecular complexity index is 967. The van der Waals surface area contributed by atoms with Gasteiger partial charge in [-0.05, 0) is 123 Å². The van der Waals surface area contributed by atoms with E-state index in [-0.39, 0.29) is 11.4 Å². The number of hydrogen-bond donors (Lipinski definition) is 0. The number of fused-ring (bicyclic) bond motifs is 1. The monoisotopic (exact) mass is 461 g/mol. The molecule has 0 N–H and O–H groups in total. The molecule has 0 aliphatic carbocycles. The number of nitrogens with zero attached hydrogens (tertiary/aromatic N) is 1. The van der Waals surface area contributed by atoms with Crippen LogP contribution in [0.4, 0.5) is 5.69 Å². The number of benzene rings is 1. The van der Waals surface area contributed by atoms with Gasteiger partial charge in [0.2, 0.25) is 5.91 Å². The third-order valence-electron chi connectivity index (χ3n) is 6.72. The number of rotatable bonds is 11. The van der Waals surface area contributed by atoms with E-state index in [2.05, 4.69) is 91.0 Å². The van der Waals surface area contributed by atoms with Crippen LogP contribution in [0.1, 0.15) is 111 Å². The van der Waals surface area contributed by atoms with Crippen LogP contribution in [0.3, 0.4) is 0 Å². The third-order valence-corrected chi connectivity index (χ3v) is 6.72. The highest BCUT2D eigenvalue weighted by Gasteiger charge is 2.33. The second-order valence-corrected chi connectivity index (χ2v) is 10.9. The van der Waals surface area contributed by atoms with Gasteiger partial charge < -0.3 is 4.90 Å². The first-order chi connectivity index (χ1) is 16.0. The number of amides is 1. The molecule has 1 aliphatic heterocycles. The Morgan fingerprint density at radius 2 is 1.50 bits per heavy atom. The van der Waals surface area contributed by atoms with Crippen molar-refractivity contribution in [1.82, 2.24) is 0 Å². The van der Waals surface area contributed by atoms with E-state index in [1.54, 1.807) is 6.92 Å². The van der Waals surface area contributed by atoms with Crippen molar-refractivity contribution < 1.29 is 4.79 Å². The zero-order valence-electron chi connectivity index (χ0n) is 23.1. The SMILES string of the molecule is CC(=O)N1c2ccc(CCCC/C=C(\C)CC/C=C(\C)CCC=C(C)C)cc2C(C)=CC1(C)C. The molecular formula is C32H47NO. The molecule has 1 aromatic carbocycles. The summed E-state index contributed by atoms with van der Waals surface area (Å²) < 4.78 is 0. The van der Waals surface area contributed by atoms with Crippen LogP contribution >= 0.6 is 0 Å². The van der Waals surface area contributed by atoms with Crippen molar-refractivity contribution in [3.05, 3.63) is 70.3 Å². The molecule has 0 atom stereocenters. The maximum Gasteiger partial charge on any atom is 0.224 e. The molecule has 0 radical (unpaired) electrons. The summed E-state index contributed by atoms with van der Waals surface area (Å²) in [5.74, 6) is 0.0966. The van der Waals surface area contributed by atoms with Gasteiger partial charge in [-0.3, -0.25) is 4.79 Å². The highest BCUT2D eigenvalue weighted by molar-refractivity contribution is 5.99. The van der Waals surface area contributed by atoms with E-state index in [4.69, 9.17) is 0 Å². The third kappa shape index (κ3) is 8.46. The highest BCUT2D eigenvalue weighted by Crippen LogP contribution is 2.39. The van der Waals surface area contributed by atoms with Gasteiger partial charge in [0.05, 0.1) is 11.2 Å². The maximum absolute atomic E-state index is 12.3. The summed E-state index contributed by atoms with van der Waals surface area (Å²) in [6, 6.07) is 6.64. The zero-order chi connectivity index (χ0) is 25.3. The molecule has 1 aromatic rings. The maximum atomic E-state index is 12.3. The van der Waals surface area contributed by atoms with Crippen LogP contribution in [0.5, 0.6) is 0 Å². The van der Waals surface area contributed by atoms with Gasteiger partial charge in [-0.25, -0.2) is 0 Å². The lowest BCUT2D eigenvalue weighted by molar-refractivity contribution is -0.117. The molecule has 0 spiro atoms. The average molecular weight is 462 g/mol. The Hall–Kier alpha value is -2.35. The largest absolute Gasteiger partial charge is 0.303 e. The van der Waals surface area contributed by atoms with Crippen LogP contribution < -0.4 is 4.90 Å². The molecule has 2 heteroatoms. The zero-order valence-corrected chi connectivity index (χ0v) is 23.1. The topological polar surface area (TPSA) is 20.3 Å². The number of anilines is 1. The van der Waals surface area contributed by atoms with Crippen molar-refractivity contribution in [2.45, 2.75) is 112 Å². The molecular weight excluding hydrogens is 414 g/mol. The fraction of sp³-hybridized carbons (Fsp3) is 0.531. The van der Waals surface area contributed by atoms with E-state index in [9.17, 15) is 4.79 Å². The summed E-state index contributed by atoms with van der Waals surface area (Å²) in [7, 11) is 0. The first-order valence-corrected chi connectivity index (χ1v) is 13.1. The smallest absolute Gasteiger partial charge is 0.224 e. The summed E-state index contributed by atoms with van der Waals surface area (Å²) in [6.07, 6.45) is 18.7. The molecule has 34 heavy (non-hydrogen) atoms. The van der Waals surface area contributed by atoms with Gasteiger partial charge in [0, 0.05) is 12.5 Å². The van der Waals surface area contributed by atoms with Crippen molar-refractivity contribution >= 4 is 17.2 Å². The van der Waals surface area contributed by atoms with Gasteiger partial charge in [0.1, 0.15) is 0 Å². The van der Waals surface area contributed by atoms with Crippen LogP contribution in [-0.4, -0.2) is 11.4 Å². The summed E-state index contributed by atoms with van der Waals surface area (Å²) in [6.45, 7) is 16.9. The fourth-order valence-electron chi connectivity index (χ4n) is 4.97. The summed E-state index contributed by atoms with van der Waals surface area (Å²) in [4.78, 5) is 14.2. The molecule has 2 rings (SSSR count). The normalized spacial score (nSPS) is 15.6. The van der Waals surface area contributed by atoms with E-state index in [0.29, 0.717) is 0 Å². The Morgan fingerprint density at radius 1 is 0.882 bits per heavy atom. The molecule has 186 valence electrons. The van der Waals surface area contributed by atoms with Crippen LogP contribution in [-0.2, 0) is 11.2 Å². The van der Waals surface area contributed by atoms with Crippen molar-refractivity contribution in [3.8, 4) is 0 Å². The lowest BCUT2D eigenvalue weighted by Crippen LogP contribution is -2.47. The molecule has 0 unspecified atom stereocenters. The lowest BCUT2D eigenvalue weighted by Gasteiger charge is -2.41. The van der Waals surface area contributed by atoms with Crippen LogP contribution in [0, 0.1) is 0 Å². The Kier molecular flexibility index (Phi) is 10.6. The molecule has 0 fully saturated rings. The summed E-state index contributed by atoms with van der Waals surface area (Å²) in [5.41, 5.74) is 9.02. The van der Waals surface area contributed by atoms with Gasteiger partial charge >= 0.3 is 0 Å². The van der Waals surface area contributed by atoms with Gasteiger partial charge in [-0.1, -0.05) is 47.1 Å². The van der Waals surface area contributed by atoms with Crippen molar-refractivity contribution in [1.29, 1.82) is 0 Å². The summed E-state index contributed by atoms with van der Waals surface area (Å²) >= 11 is 0. The fourth-order valence-corrected chi connectivity index (χ4v) is 4.97. The summed E-state index contributed by atoms with van der Waals surface area (Å²) in [5, 5.41) is 0. The number of aryl methyl sites for hydroxylation is 1. The van der Waals surface area contributed by atoms with Gasteiger partial charge in [0.15, 0.2) is 0 Å². The van der Waals surface area contributed by atoms with Gasteiger partial charge in [0.25, 0.3) is 0 Å². The standard InChI is InChI=1S/C32H47NO/c1-24(2)14-12-16-26(4)18-13-17-25(3)15-10-9-11-19-29-20-21-31-30(22-29)27(5)23-32(7,8)33(31)28(6)34/h14-15,18,20-23H,9-13,16-17,19H2,1-8H3/b25-15+,26-18+. The minimum absolute atomic E-state index is 0.0966. The quantitative estimate of drug-likeness (QED) is 0.237. The van der Waals surface area contributed by atoms with Crippen LogP contribution in [0.2, 0.25) is 0 Å². The van der Waals surface area contributed by atoms with Crippen LogP contribution in [0.15, 0.2) is 59.2 Å². The molecule has 2 nitrogen and oxygen atoms in total. The second kappa shape index (κ2) is 12.9. The molecule has 0 bridgehead atoms. The molecule has 1 aliphatic rings. The first kappa shape index (κ1) is 27.9. The van der Waals surface area contributed by atoms with E-state index in [1.165, 1.54) is 59.1 Å². The molecule has 0 aromatic heterocycles. The Morgan fingerprint density at radius 3 is 2.12 bits per heavy atom. The van der Waals surface area contributed by atoms with E-state index < -0.39 is 0 Å². The Labute approximate surface area is 209 Å². The molecule has 0 saturated heterocycles. The Balaban J connectivity index is 1.80. The lowest BCUT2D eigenvalue weighted by atomic mass is 9.87. The highest BCUT2D eigenvalue weighted by atomic mass is 16.2. The molecule has 1 amide bonds. The minimum Gasteiger partial charge on any atom is -0.303 e. The van der Waals surface area contributed by atoms with Gasteiger partial charge in [-0.15, -0.1) is 0 Å². The number of hydrogen-bond acceptors (Lipinski definition) is 1. The minimum atomic E-state index is -0.283. The van der Waals surface area contributed by atoms with E-state index in [1.807, 2.05) is 4.90 Å². The molecule has 0 saturated carbocycles. The van der Waals surface area contributed by atoms with Gasteiger partial charge in [-0.2, -0.15) is 0 Å². The van der Waals surface area contributed by atoms with Crippen molar-refractivity contribution in [2.24, 2.45) is 0 Å². The molecule has 1 heterocycles. The number of allylic oxidation sites excluding steroid dienone is 7. The van der Waals surface area contributed by atoms with E-state index >= 15 is 0 Å². The number of unbranched alkanes of at least 4 members (excludes halogenated alkanes) is 2. The predicted molar refractivity (Wildman–Crippen MR) is 150 cm³/mol. The number of carbonyl (C=O) groups excluding carboxylic acids is 1. The number of carbonyl (C=O) groups is 1. The predicted octanol–water partition coefficient (Wildman–Crippen LogP) is 9.37. The average Bonchev–Trinajstić information content (AvgIpc) is 2.72.